The van der Waals surface area contributed by atoms with Crippen molar-refractivity contribution in [1.29, 1.82) is 0 Å². The molecule has 1 N–H and O–H groups in total. The maximum Gasteiger partial charge on any atom is 0.336 e. The smallest absolute Gasteiger partial charge is 0.336 e. The van der Waals surface area contributed by atoms with E-state index in [1.165, 1.54) is 16.5 Å². The number of hydrogen-bond donors (Lipinski definition) is 1. The van der Waals surface area contributed by atoms with Crippen LogP contribution in [0.3, 0.4) is 0 Å². The summed E-state index contributed by atoms with van der Waals surface area (Å²) in [5.74, 6) is 0.309. The van der Waals surface area contributed by atoms with Crippen molar-refractivity contribution in [1.82, 2.24) is 4.98 Å². The molecule has 32 heavy (non-hydrogen) atoms. The molecule has 0 spiro atoms. The summed E-state index contributed by atoms with van der Waals surface area (Å²) >= 11 is 1.66. The SMILES string of the molecule is Cc1c(-c2cc(C(=O)O)c3c(O[C@@H]4CCC[C@@H](C)C4)ccc(C)c3n2)sc2ccccc12. The summed E-state index contributed by atoms with van der Waals surface area (Å²) in [5, 5.41) is 11.9. The fourth-order valence-corrected chi connectivity index (χ4v) is 6.08. The van der Waals surface area contributed by atoms with Crippen LogP contribution >= 0.6 is 11.3 Å². The molecule has 2 aromatic heterocycles. The Morgan fingerprint density at radius 1 is 1.16 bits per heavy atom. The number of aromatic nitrogens is 1. The molecule has 5 heteroatoms. The quantitative estimate of drug-likeness (QED) is 0.356. The zero-order valence-electron chi connectivity index (χ0n) is 18.6. The first kappa shape index (κ1) is 21.0. The zero-order valence-corrected chi connectivity index (χ0v) is 19.5. The monoisotopic (exact) mass is 445 g/mol. The summed E-state index contributed by atoms with van der Waals surface area (Å²) in [4.78, 5) is 18.4. The molecule has 0 saturated heterocycles. The van der Waals surface area contributed by atoms with Crippen molar-refractivity contribution in [3.8, 4) is 16.3 Å². The number of carboxylic acid groups (broad SMARTS) is 1. The molecule has 2 heterocycles. The number of aryl methyl sites for hydroxylation is 2. The summed E-state index contributed by atoms with van der Waals surface area (Å²) in [6.07, 6.45) is 4.51. The molecule has 4 nitrogen and oxygen atoms in total. The van der Waals surface area contributed by atoms with E-state index in [1.54, 1.807) is 17.4 Å². The Bertz CT molecular complexity index is 1340. The minimum absolute atomic E-state index is 0.121. The minimum Gasteiger partial charge on any atom is -0.490 e. The van der Waals surface area contributed by atoms with Gasteiger partial charge in [0.15, 0.2) is 0 Å². The Balaban J connectivity index is 1.68. The predicted octanol–water partition coefficient (Wildman–Crippen LogP) is 7.39. The summed E-state index contributed by atoms with van der Waals surface area (Å²) in [6, 6.07) is 13.9. The summed E-state index contributed by atoms with van der Waals surface area (Å²) in [7, 11) is 0. The average Bonchev–Trinajstić information content (AvgIpc) is 3.12. The molecular formula is C27H27NO3S. The van der Waals surface area contributed by atoms with Crippen molar-refractivity contribution in [2.24, 2.45) is 5.92 Å². The molecule has 1 aliphatic rings. The third-order valence-corrected chi connectivity index (χ3v) is 7.91. The molecule has 0 amide bonds. The maximum absolute atomic E-state index is 12.4. The lowest BCUT2D eigenvalue weighted by Gasteiger charge is -2.28. The van der Waals surface area contributed by atoms with Crippen LogP contribution in [0.4, 0.5) is 0 Å². The number of thiophene rings is 1. The highest BCUT2D eigenvalue weighted by molar-refractivity contribution is 7.22. The van der Waals surface area contributed by atoms with Gasteiger partial charge in [0.25, 0.3) is 0 Å². The van der Waals surface area contributed by atoms with Gasteiger partial charge in [0.1, 0.15) is 5.75 Å². The molecule has 1 saturated carbocycles. The molecule has 1 fully saturated rings. The second-order valence-electron chi connectivity index (χ2n) is 9.03. The van der Waals surface area contributed by atoms with Crippen molar-refractivity contribution in [3.63, 3.8) is 0 Å². The fourth-order valence-electron chi connectivity index (χ4n) is 4.91. The summed E-state index contributed by atoms with van der Waals surface area (Å²) in [6.45, 7) is 6.32. The molecule has 0 bridgehead atoms. The lowest BCUT2D eigenvalue weighted by molar-refractivity contribution is 0.0698. The number of benzene rings is 2. The van der Waals surface area contributed by atoms with E-state index in [-0.39, 0.29) is 11.7 Å². The van der Waals surface area contributed by atoms with Gasteiger partial charge in [0, 0.05) is 4.70 Å². The molecular weight excluding hydrogens is 418 g/mol. The highest BCUT2D eigenvalue weighted by Gasteiger charge is 2.24. The van der Waals surface area contributed by atoms with Gasteiger partial charge in [-0.05, 0) is 73.7 Å². The highest BCUT2D eigenvalue weighted by atomic mass is 32.1. The first-order chi connectivity index (χ1) is 15.4. The number of aromatic carboxylic acids is 1. The van der Waals surface area contributed by atoms with Crippen molar-refractivity contribution < 1.29 is 14.6 Å². The maximum atomic E-state index is 12.4. The first-order valence-electron chi connectivity index (χ1n) is 11.2. The molecule has 1 aliphatic carbocycles. The van der Waals surface area contributed by atoms with Gasteiger partial charge in [0.2, 0.25) is 0 Å². The third-order valence-electron chi connectivity index (χ3n) is 6.61. The second kappa shape index (κ2) is 8.21. The summed E-state index contributed by atoms with van der Waals surface area (Å²) in [5.41, 5.74) is 3.75. The van der Waals surface area contributed by atoms with E-state index in [2.05, 4.69) is 26.0 Å². The van der Waals surface area contributed by atoms with Crippen LogP contribution in [0, 0.1) is 19.8 Å². The van der Waals surface area contributed by atoms with Crippen LogP contribution in [0.15, 0.2) is 42.5 Å². The second-order valence-corrected chi connectivity index (χ2v) is 10.1. The number of pyridine rings is 1. The highest BCUT2D eigenvalue weighted by Crippen LogP contribution is 2.41. The van der Waals surface area contributed by atoms with E-state index < -0.39 is 5.97 Å². The number of hydrogen-bond acceptors (Lipinski definition) is 4. The van der Waals surface area contributed by atoms with E-state index in [0.29, 0.717) is 28.3 Å². The minimum atomic E-state index is -0.954. The van der Waals surface area contributed by atoms with Gasteiger partial charge in [-0.2, -0.15) is 0 Å². The molecule has 5 rings (SSSR count). The largest absolute Gasteiger partial charge is 0.490 e. The zero-order chi connectivity index (χ0) is 22.4. The first-order valence-corrected chi connectivity index (χ1v) is 12.1. The number of ether oxygens (including phenoxy) is 1. The molecule has 0 aliphatic heterocycles. The van der Waals surface area contributed by atoms with Crippen molar-refractivity contribution in [2.75, 3.05) is 0 Å². The molecule has 0 radical (unpaired) electrons. The van der Waals surface area contributed by atoms with Gasteiger partial charge in [-0.3, -0.25) is 0 Å². The number of carbonyl (C=O) groups is 1. The fraction of sp³-hybridized carbons (Fsp3) is 0.333. The number of rotatable bonds is 4. The van der Waals surface area contributed by atoms with Gasteiger partial charge in [-0.1, -0.05) is 37.6 Å². The van der Waals surface area contributed by atoms with E-state index in [4.69, 9.17) is 9.72 Å². The third kappa shape index (κ3) is 3.65. The average molecular weight is 446 g/mol. The van der Waals surface area contributed by atoms with Gasteiger partial charge in [-0.15, -0.1) is 11.3 Å². The van der Waals surface area contributed by atoms with Gasteiger partial charge in [0.05, 0.1) is 33.1 Å². The Morgan fingerprint density at radius 2 is 1.97 bits per heavy atom. The molecule has 2 atom stereocenters. The van der Waals surface area contributed by atoms with Crippen molar-refractivity contribution in [2.45, 2.75) is 52.6 Å². The van der Waals surface area contributed by atoms with E-state index in [9.17, 15) is 9.90 Å². The van der Waals surface area contributed by atoms with Crippen LogP contribution in [0.2, 0.25) is 0 Å². The molecule has 4 aromatic rings. The summed E-state index contributed by atoms with van der Waals surface area (Å²) < 4.78 is 7.58. The van der Waals surface area contributed by atoms with Crippen LogP contribution in [0.5, 0.6) is 5.75 Å². The van der Waals surface area contributed by atoms with Gasteiger partial charge < -0.3 is 9.84 Å². The van der Waals surface area contributed by atoms with E-state index >= 15 is 0 Å². The van der Waals surface area contributed by atoms with Gasteiger partial charge >= 0.3 is 5.97 Å². The van der Waals surface area contributed by atoms with Crippen LogP contribution < -0.4 is 4.74 Å². The standard InChI is InChI=1S/C27H27NO3S/c1-15-7-6-8-18(13-15)31-22-12-11-16(2)25-24(22)20(27(29)30)14-21(28-25)26-17(3)19-9-4-5-10-23(19)32-26/h4-5,9-12,14-15,18H,6-8,13H2,1-3H3,(H,29,30)/t15-,18-/m1/s1. The lowest BCUT2D eigenvalue weighted by atomic mass is 9.88. The van der Waals surface area contributed by atoms with Crippen molar-refractivity contribution in [3.05, 3.63) is 59.2 Å². The Hall–Kier alpha value is -2.92. The molecule has 164 valence electrons. The lowest BCUT2D eigenvalue weighted by Crippen LogP contribution is -2.24. The van der Waals surface area contributed by atoms with Crippen LogP contribution in [-0.4, -0.2) is 22.2 Å². The van der Waals surface area contributed by atoms with Crippen LogP contribution in [-0.2, 0) is 0 Å². The predicted molar refractivity (Wildman–Crippen MR) is 131 cm³/mol. The normalized spacial score (nSPS) is 18.8. The molecule has 2 aromatic carbocycles. The van der Waals surface area contributed by atoms with Crippen LogP contribution in [0.25, 0.3) is 31.6 Å². The van der Waals surface area contributed by atoms with Crippen LogP contribution in [0.1, 0.15) is 54.1 Å². The van der Waals surface area contributed by atoms with Crippen molar-refractivity contribution >= 4 is 38.3 Å². The van der Waals surface area contributed by atoms with Gasteiger partial charge in [-0.25, -0.2) is 9.78 Å². The molecule has 0 unspecified atom stereocenters. The Labute approximate surface area is 191 Å². The Kier molecular flexibility index (Phi) is 5.38. The topological polar surface area (TPSA) is 59.4 Å². The number of fused-ring (bicyclic) bond motifs is 2. The number of carboxylic acids is 1. The number of nitrogens with zero attached hydrogens (tertiary/aromatic N) is 1. The van der Waals surface area contributed by atoms with E-state index in [0.717, 1.165) is 35.3 Å². The Morgan fingerprint density at radius 3 is 2.72 bits per heavy atom. The van der Waals surface area contributed by atoms with E-state index in [1.807, 2.05) is 31.2 Å².